The van der Waals surface area contributed by atoms with Gasteiger partial charge in [-0.1, -0.05) is 0 Å². The zero-order valence-electron chi connectivity index (χ0n) is 9.35. The number of rotatable bonds is 3. The average molecular weight is 314 g/mol. The van der Waals surface area contributed by atoms with Crippen molar-refractivity contribution < 1.29 is 29.8 Å². The molecule has 0 unspecified atom stereocenters. The van der Waals surface area contributed by atoms with Crippen LogP contribution in [0.5, 0.6) is 0 Å². The maximum absolute atomic E-state index is 11.3. The van der Waals surface area contributed by atoms with Crippen LogP contribution < -0.4 is 0 Å². The first-order chi connectivity index (χ1) is 7.83. The first-order valence-electron chi connectivity index (χ1n) is 4.35. The molecule has 7 nitrogen and oxygen atoms in total. The van der Waals surface area contributed by atoms with Crippen LogP contribution in [0.3, 0.4) is 0 Å². The van der Waals surface area contributed by atoms with E-state index in [9.17, 15) is 25.3 Å². The molecular weight excluding hydrogens is 304 g/mol. The summed E-state index contributed by atoms with van der Waals surface area (Å²) in [5, 5.41) is 0. The lowest BCUT2D eigenvalue weighted by Crippen LogP contribution is -2.09. The number of hydrogen-bond acceptors (Lipinski definition) is 6. The number of benzene rings is 1. The molecular formula is C8H10O7S3. The second-order valence-corrected chi connectivity index (χ2v) is 9.02. The van der Waals surface area contributed by atoms with E-state index in [1.54, 1.807) is 0 Å². The monoisotopic (exact) mass is 314 g/mol. The Balaban J connectivity index is 3.83. The van der Waals surface area contributed by atoms with E-state index in [1.807, 2.05) is 0 Å². The van der Waals surface area contributed by atoms with Crippen LogP contribution in [0.25, 0.3) is 0 Å². The normalized spacial score (nSPS) is 13.5. The van der Waals surface area contributed by atoms with Crippen LogP contribution in [-0.2, 0) is 29.8 Å². The zero-order valence-corrected chi connectivity index (χ0v) is 11.8. The predicted octanol–water partition coefficient (Wildman–Crippen LogP) is -0.260. The Labute approximate surface area is 105 Å². The van der Waals surface area contributed by atoms with Crippen LogP contribution in [-0.4, -0.2) is 42.3 Å². The van der Waals surface area contributed by atoms with Crippen molar-refractivity contribution in [3.05, 3.63) is 18.2 Å². The van der Waals surface area contributed by atoms with Gasteiger partial charge in [0.1, 0.15) is 4.90 Å². The molecule has 0 radical (unpaired) electrons. The molecule has 0 aliphatic carbocycles. The highest BCUT2D eigenvalue weighted by Gasteiger charge is 2.24. The fourth-order valence-electron chi connectivity index (χ4n) is 1.23. The molecule has 1 aromatic rings. The van der Waals surface area contributed by atoms with Crippen molar-refractivity contribution >= 4 is 29.8 Å². The molecule has 102 valence electrons. The molecule has 10 heteroatoms. The Kier molecular flexibility index (Phi) is 3.60. The van der Waals surface area contributed by atoms with Gasteiger partial charge in [-0.2, -0.15) is 8.42 Å². The van der Waals surface area contributed by atoms with E-state index in [0.29, 0.717) is 6.07 Å². The van der Waals surface area contributed by atoms with Crippen LogP contribution in [0, 0.1) is 0 Å². The van der Waals surface area contributed by atoms with Gasteiger partial charge >= 0.3 is 0 Å². The molecule has 0 bridgehead atoms. The van der Waals surface area contributed by atoms with Crippen molar-refractivity contribution in [1.82, 2.24) is 0 Å². The summed E-state index contributed by atoms with van der Waals surface area (Å²) in [4.78, 5) is -2.01. The largest absolute Gasteiger partial charge is 0.295 e. The lowest BCUT2D eigenvalue weighted by molar-refractivity contribution is 0.479. The Morgan fingerprint density at radius 1 is 0.833 bits per heavy atom. The highest BCUT2D eigenvalue weighted by atomic mass is 32.2. The van der Waals surface area contributed by atoms with Crippen molar-refractivity contribution in [2.45, 2.75) is 14.7 Å². The van der Waals surface area contributed by atoms with Gasteiger partial charge in [-0.25, -0.2) is 16.8 Å². The molecule has 0 amide bonds. The van der Waals surface area contributed by atoms with E-state index in [-0.39, 0.29) is 0 Å². The van der Waals surface area contributed by atoms with Crippen molar-refractivity contribution in [3.63, 3.8) is 0 Å². The van der Waals surface area contributed by atoms with Gasteiger partial charge in [0.15, 0.2) is 19.7 Å². The fraction of sp³-hybridized carbons (Fsp3) is 0.250. The molecule has 1 rings (SSSR count). The van der Waals surface area contributed by atoms with Crippen LogP contribution >= 0.6 is 0 Å². The van der Waals surface area contributed by atoms with Crippen LogP contribution in [0.1, 0.15) is 0 Å². The Hall–Kier alpha value is -0.970. The number of hydrogen-bond donors (Lipinski definition) is 1. The first-order valence-corrected chi connectivity index (χ1v) is 9.57. The quantitative estimate of drug-likeness (QED) is 0.762. The smallest absolute Gasteiger partial charge is 0.282 e. The molecule has 0 fully saturated rings. The molecule has 0 saturated carbocycles. The lowest BCUT2D eigenvalue weighted by Gasteiger charge is -2.07. The zero-order chi connectivity index (χ0) is 14.4. The summed E-state index contributed by atoms with van der Waals surface area (Å²) >= 11 is 0. The highest BCUT2D eigenvalue weighted by molar-refractivity contribution is 7.92. The van der Waals surface area contributed by atoms with E-state index < -0.39 is 44.5 Å². The topological polar surface area (TPSA) is 123 Å². The van der Waals surface area contributed by atoms with Crippen molar-refractivity contribution in [2.75, 3.05) is 12.5 Å². The van der Waals surface area contributed by atoms with E-state index in [4.69, 9.17) is 4.55 Å². The summed E-state index contributed by atoms with van der Waals surface area (Å²) in [5.74, 6) is 0. The Bertz CT molecular complexity index is 785. The van der Waals surface area contributed by atoms with Gasteiger partial charge in [0.2, 0.25) is 0 Å². The maximum Gasteiger partial charge on any atom is 0.295 e. The number of sulfone groups is 2. The Morgan fingerprint density at radius 3 is 1.67 bits per heavy atom. The third-order valence-corrected chi connectivity index (χ3v) is 5.31. The lowest BCUT2D eigenvalue weighted by atomic mass is 10.4. The van der Waals surface area contributed by atoms with Gasteiger partial charge < -0.3 is 0 Å². The van der Waals surface area contributed by atoms with E-state index >= 15 is 0 Å². The maximum atomic E-state index is 11.3. The van der Waals surface area contributed by atoms with Crippen LogP contribution in [0.4, 0.5) is 0 Å². The van der Waals surface area contributed by atoms with Gasteiger partial charge in [0.05, 0.1) is 9.79 Å². The molecule has 0 aliphatic heterocycles. The van der Waals surface area contributed by atoms with E-state index in [0.717, 1.165) is 24.6 Å². The van der Waals surface area contributed by atoms with Gasteiger partial charge in [-0.3, -0.25) is 4.55 Å². The minimum Gasteiger partial charge on any atom is -0.282 e. The third-order valence-electron chi connectivity index (χ3n) is 2.02. The first kappa shape index (κ1) is 15.1. The van der Waals surface area contributed by atoms with Gasteiger partial charge in [0.25, 0.3) is 10.1 Å². The summed E-state index contributed by atoms with van der Waals surface area (Å²) in [6.07, 6.45) is 1.58. The minimum absolute atomic E-state index is 0.400. The predicted molar refractivity (Wildman–Crippen MR) is 62.5 cm³/mol. The molecule has 18 heavy (non-hydrogen) atoms. The SMILES string of the molecule is CS(=O)(=O)c1ccc(S(C)(=O)=O)c(S(=O)(=O)O)c1. The van der Waals surface area contributed by atoms with E-state index in [1.165, 1.54) is 0 Å². The van der Waals surface area contributed by atoms with Gasteiger partial charge in [-0.15, -0.1) is 0 Å². The molecule has 1 N–H and O–H groups in total. The Morgan fingerprint density at radius 2 is 1.33 bits per heavy atom. The summed E-state index contributed by atoms with van der Waals surface area (Å²) in [5.41, 5.74) is 0. The second-order valence-electron chi connectivity index (χ2n) is 3.63. The molecule has 0 heterocycles. The average Bonchev–Trinajstić information content (AvgIpc) is 2.12. The van der Waals surface area contributed by atoms with Crippen LogP contribution in [0.2, 0.25) is 0 Å². The summed E-state index contributed by atoms with van der Waals surface area (Å²) in [6, 6.07) is 2.40. The summed E-state index contributed by atoms with van der Waals surface area (Å²) < 4.78 is 76.3. The van der Waals surface area contributed by atoms with Crippen molar-refractivity contribution in [3.8, 4) is 0 Å². The molecule has 0 atom stereocenters. The van der Waals surface area contributed by atoms with Gasteiger partial charge in [-0.05, 0) is 18.2 Å². The molecule has 0 saturated heterocycles. The third kappa shape index (κ3) is 3.28. The minimum atomic E-state index is -4.84. The van der Waals surface area contributed by atoms with Crippen molar-refractivity contribution in [1.29, 1.82) is 0 Å². The van der Waals surface area contributed by atoms with E-state index in [2.05, 4.69) is 0 Å². The van der Waals surface area contributed by atoms with Crippen LogP contribution in [0.15, 0.2) is 32.9 Å². The highest BCUT2D eigenvalue weighted by Crippen LogP contribution is 2.24. The van der Waals surface area contributed by atoms with Gasteiger partial charge in [0, 0.05) is 12.5 Å². The molecule has 0 aromatic heterocycles. The summed E-state index contributed by atoms with van der Waals surface area (Å²) in [7, 11) is -12.5. The standard InChI is InChI=1S/C8H10O7S3/c1-16(9,10)6-3-4-7(17(2,11)12)8(5-6)18(13,14)15/h3-5H,1-2H3,(H,13,14,15). The molecule has 1 aromatic carbocycles. The summed E-state index contributed by atoms with van der Waals surface area (Å²) in [6.45, 7) is 0. The molecule has 0 aliphatic rings. The fourth-order valence-corrected chi connectivity index (χ4v) is 4.06. The second kappa shape index (κ2) is 4.30. The molecule has 0 spiro atoms. The van der Waals surface area contributed by atoms with Crippen molar-refractivity contribution in [2.24, 2.45) is 0 Å².